The van der Waals surface area contributed by atoms with Gasteiger partial charge in [0.1, 0.15) is 23.7 Å². The number of anilines is 2. The van der Waals surface area contributed by atoms with Gasteiger partial charge in [-0.15, -0.1) is 0 Å². The third-order valence-corrected chi connectivity index (χ3v) is 10.5. The van der Waals surface area contributed by atoms with Crippen LogP contribution in [-0.4, -0.2) is 76.6 Å². The second-order valence-corrected chi connectivity index (χ2v) is 15.4. The molecule has 4 rings (SSSR count). The fourth-order valence-electron chi connectivity index (χ4n) is 7.13. The van der Waals surface area contributed by atoms with Crippen molar-refractivity contribution in [3.05, 3.63) is 60.7 Å². The Labute approximate surface area is 337 Å². The van der Waals surface area contributed by atoms with Crippen molar-refractivity contribution in [1.82, 2.24) is 10.6 Å². The molecule has 0 atom stereocenters. The molecular weight excluding hydrogens is 705 g/mol. The van der Waals surface area contributed by atoms with Gasteiger partial charge in [0.05, 0.1) is 13.2 Å². The van der Waals surface area contributed by atoms with Gasteiger partial charge >= 0.3 is 11.9 Å². The molecule has 2 aliphatic heterocycles. The molecule has 0 bridgehead atoms. The molecule has 0 spiro atoms. The van der Waals surface area contributed by atoms with Crippen LogP contribution in [0.3, 0.4) is 0 Å². The molecule has 2 aliphatic rings. The topological polar surface area (TPSA) is 119 Å². The number of carbonyl (C=O) groups excluding carboxylic acids is 2. The molecule has 4 N–H and O–H groups in total. The minimum absolute atomic E-state index is 0.330. The van der Waals surface area contributed by atoms with E-state index in [1.807, 2.05) is 0 Å². The number of benzene rings is 2. The maximum atomic E-state index is 11.9. The van der Waals surface area contributed by atoms with Gasteiger partial charge < -0.3 is 40.2 Å². The standard InChI is InChI=1S/C46H72N4O6/c51-45(53-37-15-11-7-3-1-5-9-13-31-49-39-17-21-41(22-18-39)55-43-27-33-47-34-28-43)25-26-46(52)54-38-16-12-8-4-2-6-10-14-32-50-40-19-23-42(24-20-40)56-44-29-35-48-36-30-44/h17-26,43-44,47-50H,1-16,27-38H2/b26-25+. The van der Waals surface area contributed by atoms with E-state index in [1.165, 1.54) is 63.5 Å². The van der Waals surface area contributed by atoms with Crippen LogP contribution >= 0.6 is 0 Å². The van der Waals surface area contributed by atoms with Gasteiger partial charge in [-0.25, -0.2) is 9.59 Å². The monoisotopic (exact) mass is 777 g/mol. The third kappa shape index (κ3) is 21.5. The predicted octanol–water partition coefficient (Wildman–Crippen LogP) is 9.36. The summed E-state index contributed by atoms with van der Waals surface area (Å²) in [6, 6.07) is 16.7. The molecule has 0 unspecified atom stereocenters. The molecule has 10 nitrogen and oxygen atoms in total. The SMILES string of the molecule is O=C(/C=C/C(=O)OCCCCCCCCCCNc1ccc(OC2CCNCC2)cc1)OCCCCCCCCCCNc1ccc(OC2CCNCC2)cc1. The molecule has 0 saturated carbocycles. The molecule has 0 amide bonds. The van der Waals surface area contributed by atoms with Crippen LogP contribution in [0.25, 0.3) is 0 Å². The summed E-state index contributed by atoms with van der Waals surface area (Å²) in [5, 5.41) is 13.8. The zero-order chi connectivity index (χ0) is 39.1. The predicted molar refractivity (Wildman–Crippen MR) is 228 cm³/mol. The lowest BCUT2D eigenvalue weighted by Crippen LogP contribution is -2.34. The van der Waals surface area contributed by atoms with Crippen molar-refractivity contribution in [3.63, 3.8) is 0 Å². The summed E-state index contributed by atoms with van der Waals surface area (Å²) in [6.07, 6.45) is 25.5. The van der Waals surface area contributed by atoms with Crippen LogP contribution < -0.4 is 30.7 Å². The van der Waals surface area contributed by atoms with Crippen LogP contribution in [-0.2, 0) is 19.1 Å². The van der Waals surface area contributed by atoms with Crippen molar-refractivity contribution in [2.75, 3.05) is 63.1 Å². The van der Waals surface area contributed by atoms with Gasteiger partial charge in [0.2, 0.25) is 0 Å². The zero-order valence-corrected chi connectivity index (χ0v) is 34.2. The molecule has 2 aromatic rings. The highest BCUT2D eigenvalue weighted by atomic mass is 16.5. The number of piperidine rings is 2. The van der Waals surface area contributed by atoms with Crippen LogP contribution in [0.1, 0.15) is 128 Å². The minimum atomic E-state index is -0.486. The van der Waals surface area contributed by atoms with Crippen molar-refractivity contribution in [1.29, 1.82) is 0 Å². The number of unbranched alkanes of at least 4 members (excludes halogenated alkanes) is 14. The Morgan fingerprint density at radius 2 is 0.804 bits per heavy atom. The normalized spacial score (nSPS) is 15.1. The molecule has 56 heavy (non-hydrogen) atoms. The van der Waals surface area contributed by atoms with E-state index in [0.29, 0.717) is 25.4 Å². The number of esters is 2. The van der Waals surface area contributed by atoms with Gasteiger partial charge in [0, 0.05) is 36.6 Å². The maximum Gasteiger partial charge on any atom is 0.331 e. The molecule has 2 heterocycles. The van der Waals surface area contributed by atoms with E-state index in [2.05, 4.69) is 69.8 Å². The number of rotatable bonds is 30. The Hall–Kier alpha value is -3.76. The fourth-order valence-corrected chi connectivity index (χ4v) is 7.13. The highest BCUT2D eigenvalue weighted by Gasteiger charge is 2.15. The van der Waals surface area contributed by atoms with Crippen LogP contribution in [0, 0.1) is 0 Å². The Bertz CT molecular complexity index is 1220. The molecule has 2 aromatic carbocycles. The van der Waals surface area contributed by atoms with Crippen molar-refractivity contribution < 1.29 is 28.5 Å². The van der Waals surface area contributed by atoms with E-state index in [0.717, 1.165) is 139 Å². The van der Waals surface area contributed by atoms with Gasteiger partial charge in [-0.2, -0.15) is 0 Å². The lowest BCUT2D eigenvalue weighted by molar-refractivity contribution is -0.140. The minimum Gasteiger partial charge on any atom is -0.490 e. The third-order valence-electron chi connectivity index (χ3n) is 10.5. The van der Waals surface area contributed by atoms with Gasteiger partial charge in [0.25, 0.3) is 0 Å². The van der Waals surface area contributed by atoms with E-state index < -0.39 is 11.9 Å². The summed E-state index contributed by atoms with van der Waals surface area (Å²) in [5.74, 6) is 0.946. The van der Waals surface area contributed by atoms with Crippen LogP contribution in [0.4, 0.5) is 11.4 Å². The van der Waals surface area contributed by atoms with E-state index in [1.54, 1.807) is 0 Å². The van der Waals surface area contributed by atoms with Crippen molar-refractivity contribution in [2.24, 2.45) is 0 Å². The van der Waals surface area contributed by atoms with Crippen molar-refractivity contribution in [3.8, 4) is 11.5 Å². The number of hydrogen-bond donors (Lipinski definition) is 4. The van der Waals surface area contributed by atoms with Crippen molar-refractivity contribution >= 4 is 23.3 Å². The van der Waals surface area contributed by atoms with Crippen LogP contribution in [0.2, 0.25) is 0 Å². The smallest absolute Gasteiger partial charge is 0.331 e. The molecule has 2 fully saturated rings. The average Bonchev–Trinajstić information content (AvgIpc) is 3.23. The first-order chi connectivity index (χ1) is 27.6. The van der Waals surface area contributed by atoms with E-state index >= 15 is 0 Å². The molecule has 0 radical (unpaired) electrons. The lowest BCUT2D eigenvalue weighted by atomic mass is 10.1. The van der Waals surface area contributed by atoms with Gasteiger partial charge in [-0.1, -0.05) is 77.0 Å². The molecular formula is C46H72N4O6. The second kappa shape index (κ2) is 29.5. The summed E-state index contributed by atoms with van der Waals surface area (Å²) in [4.78, 5) is 23.9. The average molecular weight is 777 g/mol. The first-order valence-corrected chi connectivity index (χ1v) is 22.1. The Kier molecular flexibility index (Phi) is 23.7. The molecule has 0 aliphatic carbocycles. The maximum absolute atomic E-state index is 11.9. The summed E-state index contributed by atoms with van der Waals surface area (Å²) >= 11 is 0. The first-order valence-electron chi connectivity index (χ1n) is 22.1. The first kappa shape index (κ1) is 44.9. The quantitative estimate of drug-likeness (QED) is 0.0347. The number of hydrogen-bond acceptors (Lipinski definition) is 10. The van der Waals surface area contributed by atoms with Crippen LogP contribution in [0.15, 0.2) is 60.7 Å². The Morgan fingerprint density at radius 3 is 1.16 bits per heavy atom. The highest BCUT2D eigenvalue weighted by molar-refractivity contribution is 5.91. The summed E-state index contributed by atoms with van der Waals surface area (Å²) in [7, 11) is 0. The lowest BCUT2D eigenvalue weighted by Gasteiger charge is -2.23. The zero-order valence-electron chi connectivity index (χ0n) is 34.2. The molecule has 312 valence electrons. The van der Waals surface area contributed by atoms with E-state index in [-0.39, 0.29) is 0 Å². The number of ether oxygens (including phenoxy) is 4. The van der Waals surface area contributed by atoms with Crippen LogP contribution in [0.5, 0.6) is 11.5 Å². The summed E-state index contributed by atoms with van der Waals surface area (Å²) < 4.78 is 22.7. The van der Waals surface area contributed by atoms with Gasteiger partial charge in [-0.05, 0) is 126 Å². The summed E-state index contributed by atoms with van der Waals surface area (Å²) in [5.41, 5.74) is 2.30. The van der Waals surface area contributed by atoms with E-state index in [4.69, 9.17) is 18.9 Å². The van der Waals surface area contributed by atoms with Gasteiger partial charge in [0.15, 0.2) is 0 Å². The fraction of sp³-hybridized carbons (Fsp3) is 0.652. The Balaban J connectivity index is 0.838. The molecule has 0 aromatic heterocycles. The number of nitrogens with one attached hydrogen (secondary N) is 4. The summed E-state index contributed by atoms with van der Waals surface area (Å²) in [6.45, 7) is 6.89. The largest absolute Gasteiger partial charge is 0.490 e. The highest BCUT2D eigenvalue weighted by Crippen LogP contribution is 2.21. The number of carbonyl (C=O) groups is 2. The molecule has 10 heteroatoms. The second-order valence-electron chi connectivity index (χ2n) is 15.4. The van der Waals surface area contributed by atoms with Crippen molar-refractivity contribution in [2.45, 2.75) is 141 Å². The van der Waals surface area contributed by atoms with Gasteiger partial charge in [-0.3, -0.25) is 0 Å². The van der Waals surface area contributed by atoms with E-state index in [9.17, 15) is 9.59 Å². The Morgan fingerprint density at radius 1 is 0.482 bits per heavy atom. The molecule has 2 saturated heterocycles.